The van der Waals surface area contributed by atoms with Crippen molar-refractivity contribution in [3.05, 3.63) is 27.7 Å². The van der Waals surface area contributed by atoms with Gasteiger partial charge in [0.15, 0.2) is 5.65 Å². The number of rotatable bonds is 7. The number of benzene rings is 1. The number of aryl methyl sites for hydroxylation is 2. The Bertz CT molecular complexity index is 1220. The molecule has 0 amide bonds. The van der Waals surface area contributed by atoms with Gasteiger partial charge in [-0.2, -0.15) is 15.2 Å². The van der Waals surface area contributed by atoms with Crippen molar-refractivity contribution in [2.75, 3.05) is 55.1 Å². The van der Waals surface area contributed by atoms with Crippen LogP contribution in [0.5, 0.6) is 0 Å². The Kier molecular flexibility index (Phi) is 7.17. The molecule has 3 heterocycles. The van der Waals surface area contributed by atoms with Gasteiger partial charge in [-0.15, -0.1) is 0 Å². The van der Waals surface area contributed by atoms with E-state index in [9.17, 15) is 0 Å². The third kappa shape index (κ3) is 4.27. The normalized spacial score (nSPS) is 15.9. The summed E-state index contributed by atoms with van der Waals surface area (Å²) >= 11 is 3.63. The number of fused-ring (bicyclic) bond motifs is 1. The molecular formula is C25H33BrN8. The molecule has 3 aromatic rings. The van der Waals surface area contributed by atoms with Crippen LogP contribution in [0, 0.1) is 31.1 Å². The molecule has 9 heteroatoms. The van der Waals surface area contributed by atoms with Crippen molar-refractivity contribution in [1.82, 2.24) is 14.5 Å². The molecule has 1 aliphatic rings. The van der Waals surface area contributed by atoms with E-state index in [0.717, 1.165) is 82.0 Å². The second kappa shape index (κ2) is 10.1. The van der Waals surface area contributed by atoms with E-state index in [2.05, 4.69) is 73.4 Å². The number of nitrogens with zero attached hydrogens (tertiary/aromatic N) is 5. The molecule has 0 bridgehead atoms. The van der Waals surface area contributed by atoms with E-state index in [-0.39, 0.29) is 0 Å². The number of hydrogen-bond donors (Lipinski definition) is 3. The molecule has 0 radical (unpaired) electrons. The quantitative estimate of drug-likeness (QED) is 0.378. The van der Waals surface area contributed by atoms with Gasteiger partial charge >= 0.3 is 0 Å². The van der Waals surface area contributed by atoms with Crippen LogP contribution in [0.15, 0.2) is 16.6 Å². The highest BCUT2D eigenvalue weighted by molar-refractivity contribution is 9.10. The fourth-order valence-electron chi connectivity index (χ4n) is 5.21. The van der Waals surface area contributed by atoms with Gasteiger partial charge in [-0.05, 0) is 62.3 Å². The Morgan fingerprint density at radius 2 is 1.85 bits per heavy atom. The Morgan fingerprint density at radius 3 is 2.47 bits per heavy atom. The highest BCUT2D eigenvalue weighted by Gasteiger charge is 2.29. The summed E-state index contributed by atoms with van der Waals surface area (Å²) in [5.41, 5.74) is 5.26. The van der Waals surface area contributed by atoms with Crippen molar-refractivity contribution in [2.45, 2.75) is 39.5 Å². The van der Waals surface area contributed by atoms with E-state index in [1.807, 2.05) is 21.1 Å². The van der Waals surface area contributed by atoms with Gasteiger partial charge in [0.1, 0.15) is 11.6 Å². The summed E-state index contributed by atoms with van der Waals surface area (Å²) in [6.07, 6.45) is 3.78. The summed E-state index contributed by atoms with van der Waals surface area (Å²) in [5.74, 6) is 2.98. The average Bonchev–Trinajstić information content (AvgIpc) is 3.14. The lowest BCUT2D eigenvalue weighted by atomic mass is 9.93. The summed E-state index contributed by atoms with van der Waals surface area (Å²) in [7, 11) is 5.75. The molecule has 1 aromatic carbocycles. The third-order valence-electron chi connectivity index (χ3n) is 6.67. The van der Waals surface area contributed by atoms with E-state index >= 15 is 0 Å². The first-order valence-corrected chi connectivity index (χ1v) is 12.6. The molecule has 3 N–H and O–H groups in total. The van der Waals surface area contributed by atoms with Crippen molar-refractivity contribution in [3.63, 3.8) is 0 Å². The highest BCUT2D eigenvalue weighted by atomic mass is 79.9. The molecule has 2 aromatic heterocycles. The molecule has 1 fully saturated rings. The number of hydrogen-bond acceptors (Lipinski definition) is 7. The maximum atomic E-state index is 9.07. The van der Waals surface area contributed by atoms with Crippen LogP contribution in [0.3, 0.4) is 0 Å². The van der Waals surface area contributed by atoms with Crippen LogP contribution in [-0.4, -0.2) is 48.8 Å². The van der Waals surface area contributed by atoms with Gasteiger partial charge < -0.3 is 20.9 Å². The highest BCUT2D eigenvalue weighted by Crippen LogP contribution is 2.43. The maximum absolute atomic E-state index is 9.07. The average molecular weight is 525 g/mol. The molecule has 0 aliphatic carbocycles. The number of piperidine rings is 1. The van der Waals surface area contributed by atoms with Crippen LogP contribution in [0.2, 0.25) is 0 Å². The van der Waals surface area contributed by atoms with Gasteiger partial charge in [-0.1, -0.05) is 15.9 Å². The van der Waals surface area contributed by atoms with Crippen LogP contribution in [0.4, 0.5) is 23.3 Å². The Morgan fingerprint density at radius 1 is 1.12 bits per heavy atom. The Labute approximate surface area is 209 Å². The van der Waals surface area contributed by atoms with Crippen LogP contribution >= 0.6 is 15.9 Å². The lowest BCUT2D eigenvalue weighted by molar-refractivity contribution is 0.394. The molecule has 1 aliphatic heterocycles. The first kappa shape index (κ1) is 24.1. The summed E-state index contributed by atoms with van der Waals surface area (Å²) in [5, 5.41) is 20.1. The van der Waals surface area contributed by atoms with Crippen LogP contribution in [-0.2, 0) is 0 Å². The first-order chi connectivity index (χ1) is 16.4. The van der Waals surface area contributed by atoms with Crippen LogP contribution < -0.4 is 20.9 Å². The predicted octanol–water partition coefficient (Wildman–Crippen LogP) is 5.45. The van der Waals surface area contributed by atoms with E-state index < -0.39 is 0 Å². The number of aromatic nitrogens is 3. The van der Waals surface area contributed by atoms with Gasteiger partial charge in [-0.25, -0.2) is 0 Å². The van der Waals surface area contributed by atoms with Crippen LogP contribution in [0.25, 0.3) is 16.7 Å². The van der Waals surface area contributed by atoms with Gasteiger partial charge in [0.05, 0.1) is 22.8 Å². The van der Waals surface area contributed by atoms with Crippen molar-refractivity contribution >= 4 is 50.2 Å². The minimum absolute atomic E-state index is 0.497. The molecule has 1 atom stereocenters. The van der Waals surface area contributed by atoms with Crippen molar-refractivity contribution in [3.8, 4) is 11.8 Å². The lowest BCUT2D eigenvalue weighted by Crippen LogP contribution is -2.36. The SMILES string of the molecule is CNc1nc(N2CCCC(CCC#N)C2)c2c(NC)c(NC)n(-c3c(C)cc(Br)cc3C)c2n1. The number of anilines is 4. The zero-order valence-electron chi connectivity index (χ0n) is 20.6. The third-order valence-corrected chi connectivity index (χ3v) is 7.12. The van der Waals surface area contributed by atoms with Gasteiger partial charge in [0, 0.05) is 45.1 Å². The molecule has 180 valence electrons. The van der Waals surface area contributed by atoms with E-state index in [1.165, 1.54) is 0 Å². The molecule has 1 saturated heterocycles. The first-order valence-electron chi connectivity index (χ1n) is 11.8. The van der Waals surface area contributed by atoms with Crippen molar-refractivity contribution < 1.29 is 0 Å². The van der Waals surface area contributed by atoms with Crippen molar-refractivity contribution in [1.29, 1.82) is 5.26 Å². The second-order valence-electron chi connectivity index (χ2n) is 8.92. The standard InChI is InChI=1S/C25H33BrN8/c1-15-12-18(26)13-16(2)21(15)34-23-19(20(28-3)24(34)29-4)22(31-25(30-5)32-23)33-11-7-9-17(14-33)8-6-10-27/h12-13,17,28-29H,6-9,11,14H2,1-5H3,(H,30,31,32). The number of nitrogens with one attached hydrogen (secondary N) is 3. The lowest BCUT2D eigenvalue weighted by Gasteiger charge is -2.34. The van der Waals surface area contributed by atoms with Gasteiger partial charge in [-0.3, -0.25) is 4.57 Å². The van der Waals surface area contributed by atoms with E-state index in [4.69, 9.17) is 15.2 Å². The molecule has 0 saturated carbocycles. The van der Waals surface area contributed by atoms with E-state index in [0.29, 0.717) is 18.3 Å². The molecular weight excluding hydrogens is 492 g/mol. The minimum atomic E-state index is 0.497. The number of nitriles is 1. The molecule has 8 nitrogen and oxygen atoms in total. The number of halogens is 1. The monoisotopic (exact) mass is 524 g/mol. The van der Waals surface area contributed by atoms with Crippen LogP contribution in [0.1, 0.15) is 36.8 Å². The van der Waals surface area contributed by atoms with Crippen molar-refractivity contribution in [2.24, 2.45) is 5.92 Å². The molecule has 0 spiro atoms. The topological polar surface area (TPSA) is 93.8 Å². The van der Waals surface area contributed by atoms with Gasteiger partial charge in [0.2, 0.25) is 5.95 Å². The van der Waals surface area contributed by atoms with Gasteiger partial charge in [0.25, 0.3) is 0 Å². The molecule has 4 rings (SSSR count). The molecule has 34 heavy (non-hydrogen) atoms. The zero-order valence-corrected chi connectivity index (χ0v) is 22.2. The van der Waals surface area contributed by atoms with E-state index in [1.54, 1.807) is 0 Å². The predicted molar refractivity (Wildman–Crippen MR) is 144 cm³/mol. The fraction of sp³-hybridized carbons (Fsp3) is 0.480. The summed E-state index contributed by atoms with van der Waals surface area (Å²) < 4.78 is 3.27. The Hall–Kier alpha value is -2.99. The Balaban J connectivity index is 1.99. The largest absolute Gasteiger partial charge is 0.384 e. The zero-order chi connectivity index (χ0) is 24.4. The fourth-order valence-corrected chi connectivity index (χ4v) is 5.90. The summed E-state index contributed by atoms with van der Waals surface area (Å²) in [6.45, 7) is 6.10. The second-order valence-corrected chi connectivity index (χ2v) is 9.83. The smallest absolute Gasteiger partial charge is 0.226 e. The summed E-state index contributed by atoms with van der Waals surface area (Å²) in [4.78, 5) is 12.3. The minimum Gasteiger partial charge on any atom is -0.384 e. The maximum Gasteiger partial charge on any atom is 0.226 e. The summed E-state index contributed by atoms with van der Waals surface area (Å²) in [6, 6.07) is 6.58. The molecule has 1 unspecified atom stereocenters.